The van der Waals surface area contributed by atoms with Crippen molar-refractivity contribution in [3.8, 4) is 0 Å². The molecular weight excluding hydrogens is 304 g/mol. The van der Waals surface area contributed by atoms with E-state index in [4.69, 9.17) is 4.74 Å². The topological polar surface area (TPSA) is 63.6 Å². The number of hydrogen-bond donors (Lipinski definition) is 1. The Kier molecular flexibility index (Phi) is 4.08. The highest BCUT2D eigenvalue weighted by atomic mass is 16.6. The molecule has 2 aromatic rings. The first-order valence-electron chi connectivity index (χ1n) is 7.72. The number of carbonyl (C=O) groups is 2. The molecule has 1 unspecified atom stereocenters. The Labute approximate surface area is 140 Å². The van der Waals surface area contributed by atoms with E-state index in [0.29, 0.717) is 11.1 Å². The summed E-state index contributed by atoms with van der Waals surface area (Å²) >= 11 is 0. The zero-order valence-corrected chi connectivity index (χ0v) is 13.6. The Balaban J connectivity index is 1.77. The summed E-state index contributed by atoms with van der Waals surface area (Å²) in [4.78, 5) is 24.5. The number of ketones is 2. The highest BCUT2D eigenvalue weighted by Gasteiger charge is 2.45. The van der Waals surface area contributed by atoms with Crippen molar-refractivity contribution in [2.75, 3.05) is 0 Å². The number of Topliss-reactive ketones (excluding diaryl/α,β-unsaturated/α-hetero) is 1. The lowest BCUT2D eigenvalue weighted by Gasteiger charge is -2.21. The van der Waals surface area contributed by atoms with Gasteiger partial charge in [-0.25, -0.2) is 0 Å². The molecule has 2 aromatic carbocycles. The van der Waals surface area contributed by atoms with Crippen molar-refractivity contribution in [1.29, 1.82) is 0 Å². The van der Waals surface area contributed by atoms with E-state index in [1.54, 1.807) is 12.1 Å². The summed E-state index contributed by atoms with van der Waals surface area (Å²) in [6.45, 7) is 3.87. The van der Waals surface area contributed by atoms with Crippen molar-refractivity contribution >= 4 is 17.3 Å². The van der Waals surface area contributed by atoms with E-state index in [2.05, 4.69) is 0 Å². The van der Waals surface area contributed by atoms with Crippen LogP contribution in [0.5, 0.6) is 0 Å². The van der Waals surface area contributed by atoms with Crippen molar-refractivity contribution < 1.29 is 19.4 Å². The maximum Gasteiger partial charge on any atom is 0.279 e. The molecule has 1 aliphatic heterocycles. The summed E-state index contributed by atoms with van der Waals surface area (Å²) in [5.74, 6) is -2.82. The van der Waals surface area contributed by atoms with Gasteiger partial charge in [0.05, 0.1) is 6.42 Å². The van der Waals surface area contributed by atoms with E-state index in [1.165, 1.54) is 6.08 Å². The Morgan fingerprint density at radius 2 is 1.54 bits per heavy atom. The van der Waals surface area contributed by atoms with Crippen LogP contribution in [0.1, 0.15) is 33.5 Å². The Hall–Kier alpha value is -2.72. The summed E-state index contributed by atoms with van der Waals surface area (Å²) in [7, 11) is 0. The largest absolute Gasteiger partial charge is 0.453 e. The summed E-state index contributed by atoms with van der Waals surface area (Å²) in [5.41, 5.74) is 3.23. The summed E-state index contributed by atoms with van der Waals surface area (Å²) < 4.78 is 5.45. The van der Waals surface area contributed by atoms with Gasteiger partial charge in [-0.15, -0.1) is 0 Å². The fourth-order valence-electron chi connectivity index (χ4n) is 2.54. The molecule has 0 fully saturated rings. The third-order valence-electron chi connectivity index (χ3n) is 4.04. The molecule has 4 heteroatoms. The van der Waals surface area contributed by atoms with Gasteiger partial charge < -0.3 is 9.84 Å². The van der Waals surface area contributed by atoms with Crippen LogP contribution in [0.25, 0.3) is 5.76 Å². The lowest BCUT2D eigenvalue weighted by atomic mass is 10.00. The zero-order chi connectivity index (χ0) is 17.3. The fraction of sp³-hybridized carbons (Fsp3) is 0.200. The molecule has 4 nitrogen and oxygen atoms in total. The maximum atomic E-state index is 12.3. The number of benzene rings is 2. The molecule has 122 valence electrons. The Morgan fingerprint density at radius 1 is 1.00 bits per heavy atom. The fourth-order valence-corrected chi connectivity index (χ4v) is 2.54. The van der Waals surface area contributed by atoms with Gasteiger partial charge in [0.25, 0.3) is 5.79 Å². The molecule has 1 aliphatic rings. The van der Waals surface area contributed by atoms with Crippen LogP contribution in [-0.2, 0) is 9.53 Å². The number of aryl methyl sites for hydroxylation is 2. The van der Waals surface area contributed by atoms with Gasteiger partial charge >= 0.3 is 0 Å². The van der Waals surface area contributed by atoms with Crippen LogP contribution in [0, 0.1) is 13.8 Å². The van der Waals surface area contributed by atoms with Gasteiger partial charge in [0, 0.05) is 17.2 Å². The second-order valence-corrected chi connectivity index (χ2v) is 6.09. The lowest BCUT2D eigenvalue weighted by molar-refractivity contribution is -0.167. The smallest absolute Gasteiger partial charge is 0.279 e. The van der Waals surface area contributed by atoms with Crippen molar-refractivity contribution in [3.63, 3.8) is 0 Å². The van der Waals surface area contributed by atoms with Crippen molar-refractivity contribution in [2.45, 2.75) is 26.1 Å². The van der Waals surface area contributed by atoms with Crippen molar-refractivity contribution in [1.82, 2.24) is 0 Å². The average molecular weight is 322 g/mol. The number of carbonyl (C=O) groups excluding carboxylic acids is 2. The second kappa shape index (κ2) is 6.06. The maximum absolute atomic E-state index is 12.3. The third kappa shape index (κ3) is 3.14. The molecule has 0 bridgehead atoms. The van der Waals surface area contributed by atoms with E-state index < -0.39 is 18.0 Å². The van der Waals surface area contributed by atoms with E-state index in [-0.39, 0.29) is 11.5 Å². The van der Waals surface area contributed by atoms with Crippen LogP contribution in [-0.4, -0.2) is 22.5 Å². The molecular formula is C20H18O4. The average Bonchev–Trinajstić information content (AvgIpc) is 2.83. The summed E-state index contributed by atoms with van der Waals surface area (Å²) in [6, 6.07) is 14.4. The molecule has 24 heavy (non-hydrogen) atoms. The number of rotatable bonds is 4. The third-order valence-corrected chi connectivity index (χ3v) is 4.04. The molecule has 0 aromatic heterocycles. The van der Waals surface area contributed by atoms with E-state index >= 15 is 0 Å². The molecule has 1 heterocycles. The summed E-state index contributed by atoms with van der Waals surface area (Å²) in [5, 5.41) is 10.5. The second-order valence-electron chi connectivity index (χ2n) is 6.09. The molecule has 0 amide bonds. The molecule has 0 radical (unpaired) electrons. The molecule has 1 atom stereocenters. The van der Waals surface area contributed by atoms with Crippen molar-refractivity contribution in [2.24, 2.45) is 0 Å². The molecule has 0 saturated heterocycles. The van der Waals surface area contributed by atoms with Crippen LogP contribution >= 0.6 is 0 Å². The predicted octanol–water partition coefficient (Wildman–Crippen LogP) is 3.21. The van der Waals surface area contributed by atoms with E-state index in [9.17, 15) is 14.7 Å². The van der Waals surface area contributed by atoms with Crippen LogP contribution in [0.4, 0.5) is 0 Å². The number of ether oxygens (including phenoxy) is 1. The minimum absolute atomic E-state index is 0.277. The molecule has 3 rings (SSSR count). The molecule has 0 saturated carbocycles. The van der Waals surface area contributed by atoms with Gasteiger partial charge in [0.2, 0.25) is 5.78 Å². The predicted molar refractivity (Wildman–Crippen MR) is 90.3 cm³/mol. The quantitative estimate of drug-likeness (QED) is 0.878. The van der Waals surface area contributed by atoms with E-state index in [0.717, 1.165) is 11.1 Å². The first-order chi connectivity index (χ1) is 11.4. The number of aliphatic hydroxyl groups is 1. The highest BCUT2D eigenvalue weighted by molar-refractivity contribution is 6.08. The van der Waals surface area contributed by atoms with E-state index in [1.807, 2.05) is 50.2 Å². The molecule has 1 N–H and O–H groups in total. The molecule has 0 aliphatic carbocycles. The zero-order valence-electron chi connectivity index (χ0n) is 13.6. The minimum atomic E-state index is -2.14. The van der Waals surface area contributed by atoms with Crippen LogP contribution in [0.2, 0.25) is 0 Å². The molecule has 0 spiro atoms. The van der Waals surface area contributed by atoms with Crippen LogP contribution in [0.15, 0.2) is 54.6 Å². The number of hydrogen-bond acceptors (Lipinski definition) is 4. The SMILES string of the molecule is Cc1ccc(C(=O)CC2(O)OC(c3ccc(C)cc3)=CC2=O)cc1. The first kappa shape index (κ1) is 16.1. The van der Waals surface area contributed by atoms with Gasteiger partial charge in [-0.05, 0) is 13.8 Å². The van der Waals surface area contributed by atoms with Gasteiger partial charge in [-0.3, -0.25) is 9.59 Å². The van der Waals surface area contributed by atoms with Gasteiger partial charge in [0.1, 0.15) is 5.76 Å². The Morgan fingerprint density at radius 3 is 2.12 bits per heavy atom. The summed E-state index contributed by atoms with van der Waals surface area (Å²) in [6.07, 6.45) is 0.827. The highest BCUT2D eigenvalue weighted by Crippen LogP contribution is 2.33. The normalized spacial score (nSPS) is 19.8. The van der Waals surface area contributed by atoms with Crippen LogP contribution < -0.4 is 0 Å². The van der Waals surface area contributed by atoms with Crippen molar-refractivity contribution in [3.05, 3.63) is 76.9 Å². The first-order valence-corrected chi connectivity index (χ1v) is 7.72. The van der Waals surface area contributed by atoms with Gasteiger partial charge in [0.15, 0.2) is 5.78 Å². The van der Waals surface area contributed by atoms with Crippen LogP contribution in [0.3, 0.4) is 0 Å². The standard InChI is InChI=1S/C20H18O4/c1-13-3-7-15(8-4-13)17(21)12-20(23)19(22)11-18(24-20)16-9-5-14(2)6-10-16/h3-11,23H,12H2,1-2H3. The monoisotopic (exact) mass is 322 g/mol. The van der Waals surface area contributed by atoms with Gasteiger partial charge in [-0.2, -0.15) is 0 Å². The Bertz CT molecular complexity index is 816. The lowest BCUT2D eigenvalue weighted by Crippen LogP contribution is -2.38. The minimum Gasteiger partial charge on any atom is -0.453 e. The van der Waals surface area contributed by atoms with Gasteiger partial charge in [-0.1, -0.05) is 59.7 Å².